The normalized spacial score (nSPS) is 15.2. The minimum absolute atomic E-state index is 0.762. The van der Waals surface area contributed by atoms with Gasteiger partial charge in [0.2, 0.25) is 0 Å². The molecule has 0 unspecified atom stereocenters. The van der Waals surface area contributed by atoms with Crippen molar-refractivity contribution in [3.63, 3.8) is 0 Å². The van der Waals surface area contributed by atoms with Crippen LogP contribution in [0.2, 0.25) is 0 Å². The van der Waals surface area contributed by atoms with E-state index in [1.165, 1.54) is 16.7 Å². The van der Waals surface area contributed by atoms with E-state index in [2.05, 4.69) is 76.7 Å². The van der Waals surface area contributed by atoms with Crippen molar-refractivity contribution in [2.75, 3.05) is 13.3 Å². The van der Waals surface area contributed by atoms with E-state index < -0.39 is 0 Å². The Kier molecular flexibility index (Phi) is 5.14. The molecule has 1 aliphatic rings. The summed E-state index contributed by atoms with van der Waals surface area (Å²) in [6.07, 6.45) is 0. The van der Waals surface area contributed by atoms with E-state index in [9.17, 15) is 0 Å². The zero-order chi connectivity index (χ0) is 15.2. The lowest BCUT2D eigenvalue weighted by molar-refractivity contribution is 0.258. The number of nitrogens with zero attached hydrogens (tertiary/aromatic N) is 2. The van der Waals surface area contributed by atoms with Crippen LogP contribution in [0.1, 0.15) is 16.7 Å². The fraction of sp³-hybridized carbons (Fsp3) is 0.278. The van der Waals surface area contributed by atoms with Crippen LogP contribution in [0.15, 0.2) is 59.6 Å². The van der Waals surface area contributed by atoms with Gasteiger partial charge in [0.15, 0.2) is 5.17 Å². The number of rotatable bonds is 4. The first-order valence-corrected chi connectivity index (χ1v) is 8.51. The molecule has 2 aromatic carbocycles. The van der Waals surface area contributed by atoms with Crippen LogP contribution in [0.4, 0.5) is 0 Å². The van der Waals surface area contributed by atoms with Crippen LogP contribution in [0.25, 0.3) is 0 Å². The Morgan fingerprint density at radius 3 is 2.50 bits per heavy atom. The first-order valence-electron chi connectivity index (χ1n) is 7.52. The molecule has 1 heterocycles. The summed E-state index contributed by atoms with van der Waals surface area (Å²) in [6.45, 7) is 4.67. The van der Waals surface area contributed by atoms with E-state index in [0.717, 1.165) is 30.8 Å². The maximum atomic E-state index is 4.63. The molecular formula is C18H21N3S. The van der Waals surface area contributed by atoms with Gasteiger partial charge in [-0.2, -0.15) is 0 Å². The van der Waals surface area contributed by atoms with Gasteiger partial charge >= 0.3 is 0 Å². The first kappa shape index (κ1) is 15.1. The summed E-state index contributed by atoms with van der Waals surface area (Å²) >= 11 is 1.78. The Hall–Kier alpha value is -1.78. The lowest BCUT2D eigenvalue weighted by atomic mass is 10.2. The molecule has 0 bridgehead atoms. The molecule has 0 fully saturated rings. The number of aryl methyl sites for hydroxylation is 1. The Bertz CT molecular complexity index is 623. The molecule has 1 aliphatic heterocycles. The summed E-state index contributed by atoms with van der Waals surface area (Å²) in [4.78, 5) is 6.93. The molecule has 1 N–H and O–H groups in total. The SMILES string of the molecule is Cc1ccc(CSC2=NCN(Cc3ccccc3)CN2)cc1. The second-order valence-electron chi connectivity index (χ2n) is 5.53. The molecule has 0 amide bonds. The monoisotopic (exact) mass is 311 g/mol. The summed E-state index contributed by atoms with van der Waals surface area (Å²) in [6, 6.07) is 19.2. The average molecular weight is 311 g/mol. The number of benzene rings is 2. The molecule has 2 aromatic rings. The van der Waals surface area contributed by atoms with Gasteiger partial charge < -0.3 is 5.32 Å². The molecule has 3 nitrogen and oxygen atoms in total. The number of thioether (sulfide) groups is 1. The number of nitrogens with one attached hydrogen (secondary N) is 1. The Labute approximate surface area is 136 Å². The molecule has 22 heavy (non-hydrogen) atoms. The van der Waals surface area contributed by atoms with Gasteiger partial charge in [-0.1, -0.05) is 71.9 Å². The standard InChI is InChI=1S/C18H21N3S/c1-15-7-9-17(10-8-15)12-22-18-19-13-21(14-20-18)11-16-5-3-2-4-6-16/h2-10H,11-14H2,1H3,(H,19,20). The summed E-state index contributed by atoms with van der Waals surface area (Å²) in [5, 5.41) is 4.46. The minimum Gasteiger partial charge on any atom is -0.352 e. The van der Waals surface area contributed by atoms with Crippen molar-refractivity contribution in [2.24, 2.45) is 4.99 Å². The average Bonchev–Trinajstić information content (AvgIpc) is 2.57. The van der Waals surface area contributed by atoms with Crippen LogP contribution in [0.3, 0.4) is 0 Å². The largest absolute Gasteiger partial charge is 0.352 e. The summed E-state index contributed by atoms with van der Waals surface area (Å²) in [5.74, 6) is 0.963. The molecule has 4 heteroatoms. The second-order valence-corrected chi connectivity index (χ2v) is 6.49. The molecule has 3 rings (SSSR count). The van der Waals surface area contributed by atoms with Crippen LogP contribution in [0.5, 0.6) is 0 Å². The van der Waals surface area contributed by atoms with Gasteiger partial charge in [0, 0.05) is 12.3 Å². The van der Waals surface area contributed by atoms with E-state index in [4.69, 9.17) is 0 Å². The Morgan fingerprint density at radius 2 is 1.82 bits per heavy atom. The van der Waals surface area contributed by atoms with Crippen molar-refractivity contribution in [3.8, 4) is 0 Å². The van der Waals surface area contributed by atoms with Crippen molar-refractivity contribution in [1.29, 1.82) is 0 Å². The molecule has 0 spiro atoms. The highest BCUT2D eigenvalue weighted by Gasteiger charge is 2.12. The highest BCUT2D eigenvalue weighted by molar-refractivity contribution is 8.13. The fourth-order valence-electron chi connectivity index (χ4n) is 2.33. The third-order valence-electron chi connectivity index (χ3n) is 3.61. The third kappa shape index (κ3) is 4.36. The van der Waals surface area contributed by atoms with Gasteiger partial charge in [-0.25, -0.2) is 4.99 Å². The Balaban J connectivity index is 1.48. The predicted octanol–water partition coefficient (Wildman–Crippen LogP) is 3.60. The predicted molar refractivity (Wildman–Crippen MR) is 94.8 cm³/mol. The van der Waals surface area contributed by atoms with Crippen LogP contribution in [0, 0.1) is 6.92 Å². The van der Waals surface area contributed by atoms with Crippen molar-refractivity contribution in [3.05, 3.63) is 71.3 Å². The van der Waals surface area contributed by atoms with Gasteiger partial charge in [0.1, 0.15) is 0 Å². The zero-order valence-corrected chi connectivity index (χ0v) is 13.6. The molecule has 0 saturated carbocycles. The fourth-order valence-corrected chi connectivity index (χ4v) is 3.14. The van der Waals surface area contributed by atoms with Crippen LogP contribution in [-0.2, 0) is 12.3 Å². The lowest BCUT2D eigenvalue weighted by Crippen LogP contribution is -2.41. The first-order chi connectivity index (χ1) is 10.8. The van der Waals surface area contributed by atoms with Gasteiger partial charge in [-0.05, 0) is 18.1 Å². The molecule has 0 aliphatic carbocycles. The highest BCUT2D eigenvalue weighted by atomic mass is 32.2. The van der Waals surface area contributed by atoms with Crippen LogP contribution in [-0.4, -0.2) is 23.4 Å². The number of hydrogen-bond acceptors (Lipinski definition) is 4. The van der Waals surface area contributed by atoms with E-state index in [-0.39, 0.29) is 0 Å². The zero-order valence-electron chi connectivity index (χ0n) is 12.8. The minimum atomic E-state index is 0.762. The number of amidine groups is 1. The van der Waals surface area contributed by atoms with E-state index in [1.807, 2.05) is 0 Å². The quantitative estimate of drug-likeness (QED) is 0.935. The number of aliphatic imine (C=N–C) groups is 1. The van der Waals surface area contributed by atoms with Crippen LogP contribution >= 0.6 is 11.8 Å². The van der Waals surface area contributed by atoms with E-state index in [0.29, 0.717) is 0 Å². The van der Waals surface area contributed by atoms with E-state index >= 15 is 0 Å². The molecule has 0 radical (unpaired) electrons. The van der Waals surface area contributed by atoms with Gasteiger partial charge in [0.05, 0.1) is 13.3 Å². The maximum Gasteiger partial charge on any atom is 0.159 e. The van der Waals surface area contributed by atoms with Gasteiger partial charge in [-0.3, -0.25) is 4.90 Å². The molecule has 0 aromatic heterocycles. The maximum absolute atomic E-state index is 4.63. The highest BCUT2D eigenvalue weighted by Crippen LogP contribution is 2.16. The van der Waals surface area contributed by atoms with Crippen molar-refractivity contribution in [2.45, 2.75) is 19.2 Å². The third-order valence-corrected chi connectivity index (χ3v) is 4.64. The van der Waals surface area contributed by atoms with Gasteiger partial charge in [-0.15, -0.1) is 0 Å². The van der Waals surface area contributed by atoms with E-state index in [1.54, 1.807) is 11.8 Å². The Morgan fingerprint density at radius 1 is 1.05 bits per heavy atom. The van der Waals surface area contributed by atoms with Crippen molar-refractivity contribution >= 4 is 16.9 Å². The van der Waals surface area contributed by atoms with Gasteiger partial charge in [0.25, 0.3) is 0 Å². The summed E-state index contributed by atoms with van der Waals surface area (Å²) in [7, 11) is 0. The van der Waals surface area contributed by atoms with Crippen LogP contribution < -0.4 is 5.32 Å². The molecule has 0 atom stereocenters. The second kappa shape index (κ2) is 7.47. The molecule has 114 valence electrons. The topological polar surface area (TPSA) is 27.6 Å². The molecule has 0 saturated heterocycles. The summed E-state index contributed by atoms with van der Waals surface area (Å²) in [5.41, 5.74) is 3.97. The summed E-state index contributed by atoms with van der Waals surface area (Å²) < 4.78 is 0. The lowest BCUT2D eigenvalue weighted by Gasteiger charge is -2.26. The molecular weight excluding hydrogens is 290 g/mol. The smallest absolute Gasteiger partial charge is 0.159 e. The number of hydrogen-bond donors (Lipinski definition) is 1. The van der Waals surface area contributed by atoms with Crippen molar-refractivity contribution in [1.82, 2.24) is 10.2 Å². The van der Waals surface area contributed by atoms with Crippen molar-refractivity contribution < 1.29 is 0 Å².